The van der Waals surface area contributed by atoms with Gasteiger partial charge in [-0.15, -0.1) is 0 Å². The third-order valence-electron chi connectivity index (χ3n) is 4.60. The van der Waals surface area contributed by atoms with Crippen LogP contribution >= 0.6 is 11.6 Å². The van der Waals surface area contributed by atoms with Crippen LogP contribution in [0.1, 0.15) is 43.2 Å². The van der Waals surface area contributed by atoms with Crippen molar-refractivity contribution in [2.75, 3.05) is 0 Å². The van der Waals surface area contributed by atoms with E-state index >= 15 is 0 Å². The number of aromatic nitrogens is 1. The highest BCUT2D eigenvalue weighted by Crippen LogP contribution is 2.43. The summed E-state index contributed by atoms with van der Waals surface area (Å²) in [6, 6.07) is 11.4. The minimum Gasteiger partial charge on any atom is -0.380 e. The van der Waals surface area contributed by atoms with Crippen LogP contribution in [0.25, 0.3) is 0 Å². The Balaban J connectivity index is 2.07. The number of nitrogens with zero attached hydrogens (tertiary/aromatic N) is 1. The number of benzene rings is 1. The van der Waals surface area contributed by atoms with Gasteiger partial charge in [-0.1, -0.05) is 43.0 Å². The second kappa shape index (κ2) is 6.17. The Hall–Kier alpha value is -1.38. The van der Waals surface area contributed by atoms with Gasteiger partial charge in [0.15, 0.2) is 0 Å². The summed E-state index contributed by atoms with van der Waals surface area (Å²) < 4.78 is 0. The van der Waals surface area contributed by atoms with Crippen LogP contribution < -0.4 is 0 Å². The fourth-order valence-corrected chi connectivity index (χ4v) is 3.59. The number of halogens is 1. The molecule has 21 heavy (non-hydrogen) atoms. The first kappa shape index (κ1) is 14.6. The quantitative estimate of drug-likeness (QED) is 0.902. The van der Waals surface area contributed by atoms with Crippen molar-refractivity contribution in [3.8, 4) is 0 Å². The molecule has 3 heteroatoms. The molecule has 1 N–H and O–H groups in total. The standard InChI is InChI=1S/C18H20ClNO/c19-17-8-6-15(7-9-17)18(21,14-4-2-1-3-5-14)16-10-12-20-13-11-16/h6-14,21H,1-5H2. The van der Waals surface area contributed by atoms with Gasteiger partial charge in [0, 0.05) is 17.4 Å². The van der Waals surface area contributed by atoms with Gasteiger partial charge in [0.25, 0.3) is 0 Å². The van der Waals surface area contributed by atoms with E-state index in [1.165, 1.54) is 19.3 Å². The number of pyridine rings is 1. The molecule has 2 nitrogen and oxygen atoms in total. The Morgan fingerprint density at radius 3 is 2.10 bits per heavy atom. The average molecular weight is 302 g/mol. The molecule has 0 bridgehead atoms. The van der Waals surface area contributed by atoms with E-state index in [2.05, 4.69) is 4.98 Å². The second-order valence-electron chi connectivity index (χ2n) is 5.84. The third kappa shape index (κ3) is 2.83. The van der Waals surface area contributed by atoms with E-state index in [-0.39, 0.29) is 5.92 Å². The summed E-state index contributed by atoms with van der Waals surface area (Å²) in [4.78, 5) is 4.08. The molecule has 1 unspecified atom stereocenters. The molecule has 1 fully saturated rings. The van der Waals surface area contributed by atoms with Gasteiger partial charge in [-0.05, 0) is 54.2 Å². The monoisotopic (exact) mass is 301 g/mol. The smallest absolute Gasteiger partial charge is 0.117 e. The lowest BCUT2D eigenvalue weighted by atomic mass is 9.70. The predicted octanol–water partition coefficient (Wildman–Crippen LogP) is 4.55. The van der Waals surface area contributed by atoms with Crippen molar-refractivity contribution in [3.63, 3.8) is 0 Å². The molecule has 0 saturated heterocycles. The highest BCUT2D eigenvalue weighted by molar-refractivity contribution is 6.30. The maximum Gasteiger partial charge on any atom is 0.117 e. The summed E-state index contributed by atoms with van der Waals surface area (Å²) in [6.07, 6.45) is 9.25. The van der Waals surface area contributed by atoms with Crippen LogP contribution in [0.4, 0.5) is 0 Å². The summed E-state index contributed by atoms with van der Waals surface area (Å²) in [5, 5.41) is 12.3. The lowest BCUT2D eigenvalue weighted by Gasteiger charge is -2.39. The average Bonchev–Trinajstić information content (AvgIpc) is 2.56. The second-order valence-corrected chi connectivity index (χ2v) is 6.28. The molecule has 1 aromatic heterocycles. The minimum atomic E-state index is -0.950. The summed E-state index contributed by atoms with van der Waals surface area (Å²) in [5.41, 5.74) is 0.894. The Morgan fingerprint density at radius 1 is 0.905 bits per heavy atom. The van der Waals surface area contributed by atoms with E-state index in [9.17, 15) is 5.11 Å². The summed E-state index contributed by atoms with van der Waals surface area (Å²) in [7, 11) is 0. The van der Waals surface area contributed by atoms with E-state index in [0.29, 0.717) is 5.02 Å². The molecule has 0 aliphatic heterocycles. The molecular formula is C18H20ClNO. The van der Waals surface area contributed by atoms with Crippen molar-refractivity contribution in [2.24, 2.45) is 5.92 Å². The SMILES string of the molecule is OC(c1ccncc1)(c1ccc(Cl)cc1)C1CCCCC1. The van der Waals surface area contributed by atoms with Gasteiger partial charge in [0.05, 0.1) is 0 Å². The molecule has 0 spiro atoms. The fraction of sp³-hybridized carbons (Fsp3) is 0.389. The lowest BCUT2D eigenvalue weighted by Crippen LogP contribution is -2.37. The topological polar surface area (TPSA) is 33.1 Å². The molecule has 1 aliphatic carbocycles. The fourth-order valence-electron chi connectivity index (χ4n) is 3.47. The minimum absolute atomic E-state index is 0.245. The van der Waals surface area contributed by atoms with Crippen molar-refractivity contribution in [3.05, 3.63) is 64.9 Å². The third-order valence-corrected chi connectivity index (χ3v) is 4.85. The van der Waals surface area contributed by atoms with Gasteiger partial charge in [0.1, 0.15) is 5.60 Å². The van der Waals surface area contributed by atoms with Gasteiger partial charge in [-0.25, -0.2) is 0 Å². The maximum absolute atomic E-state index is 11.6. The molecule has 1 atom stereocenters. The Labute approximate surface area is 130 Å². The van der Waals surface area contributed by atoms with Gasteiger partial charge in [-0.3, -0.25) is 4.98 Å². The first-order valence-electron chi connectivity index (χ1n) is 7.60. The molecule has 110 valence electrons. The molecule has 1 heterocycles. The first-order chi connectivity index (χ1) is 10.2. The maximum atomic E-state index is 11.6. The van der Waals surface area contributed by atoms with Gasteiger partial charge in [-0.2, -0.15) is 0 Å². The van der Waals surface area contributed by atoms with E-state index in [0.717, 1.165) is 24.0 Å². The van der Waals surface area contributed by atoms with Crippen LogP contribution in [0.2, 0.25) is 5.02 Å². The summed E-state index contributed by atoms with van der Waals surface area (Å²) in [6.45, 7) is 0. The Morgan fingerprint density at radius 2 is 1.48 bits per heavy atom. The zero-order chi connectivity index (χ0) is 14.7. The van der Waals surface area contributed by atoms with Crippen molar-refractivity contribution in [2.45, 2.75) is 37.7 Å². The molecule has 1 aromatic carbocycles. The highest BCUT2D eigenvalue weighted by Gasteiger charge is 2.40. The molecule has 1 saturated carbocycles. The number of aliphatic hydroxyl groups is 1. The molecule has 0 amide bonds. The molecule has 0 radical (unpaired) electrons. The molecule has 1 aliphatic rings. The van der Waals surface area contributed by atoms with Crippen LogP contribution in [0.5, 0.6) is 0 Å². The molecule has 2 aromatic rings. The van der Waals surface area contributed by atoms with Crippen LogP contribution in [0, 0.1) is 5.92 Å². The van der Waals surface area contributed by atoms with Crippen molar-refractivity contribution in [1.29, 1.82) is 0 Å². The number of hydrogen-bond donors (Lipinski definition) is 1. The van der Waals surface area contributed by atoms with Crippen LogP contribution in [-0.4, -0.2) is 10.1 Å². The van der Waals surface area contributed by atoms with E-state index in [4.69, 9.17) is 11.6 Å². The van der Waals surface area contributed by atoms with E-state index < -0.39 is 5.60 Å². The first-order valence-corrected chi connectivity index (χ1v) is 7.98. The molecular weight excluding hydrogens is 282 g/mol. The largest absolute Gasteiger partial charge is 0.380 e. The van der Waals surface area contributed by atoms with Crippen LogP contribution in [0.15, 0.2) is 48.8 Å². The zero-order valence-corrected chi connectivity index (χ0v) is 12.8. The van der Waals surface area contributed by atoms with Gasteiger partial charge >= 0.3 is 0 Å². The normalized spacial score (nSPS) is 19.1. The van der Waals surface area contributed by atoms with E-state index in [1.54, 1.807) is 12.4 Å². The predicted molar refractivity (Wildman–Crippen MR) is 85.3 cm³/mol. The van der Waals surface area contributed by atoms with Crippen LogP contribution in [0.3, 0.4) is 0 Å². The van der Waals surface area contributed by atoms with Crippen molar-refractivity contribution >= 4 is 11.6 Å². The zero-order valence-electron chi connectivity index (χ0n) is 12.0. The van der Waals surface area contributed by atoms with Crippen molar-refractivity contribution in [1.82, 2.24) is 4.98 Å². The number of rotatable bonds is 3. The summed E-state index contributed by atoms with van der Waals surface area (Å²) >= 11 is 6.00. The Bertz CT molecular complexity index is 578. The van der Waals surface area contributed by atoms with Gasteiger partial charge < -0.3 is 5.11 Å². The Kier molecular flexibility index (Phi) is 4.27. The van der Waals surface area contributed by atoms with Crippen molar-refractivity contribution < 1.29 is 5.11 Å². The van der Waals surface area contributed by atoms with E-state index in [1.807, 2.05) is 36.4 Å². The van der Waals surface area contributed by atoms with Crippen LogP contribution in [-0.2, 0) is 5.60 Å². The molecule has 3 rings (SSSR count). The van der Waals surface area contributed by atoms with Gasteiger partial charge in [0.2, 0.25) is 0 Å². The highest BCUT2D eigenvalue weighted by atomic mass is 35.5. The summed E-state index contributed by atoms with van der Waals surface area (Å²) in [5.74, 6) is 0.245. The lowest BCUT2D eigenvalue weighted by molar-refractivity contribution is -0.000779. The number of hydrogen-bond acceptors (Lipinski definition) is 2.